The number of benzene rings is 2. The average molecular weight is 697 g/mol. The van der Waals surface area contributed by atoms with Crippen LogP contribution < -0.4 is 15.4 Å². The van der Waals surface area contributed by atoms with Crippen molar-refractivity contribution in [1.82, 2.24) is 40.8 Å². The molecular weight excluding hydrogens is 674 g/mol. The summed E-state index contributed by atoms with van der Waals surface area (Å²) in [4.78, 5) is 49.8. The topological polar surface area (TPSA) is 251 Å². The second-order valence-electron chi connectivity index (χ2n) is 10.6. The highest BCUT2D eigenvalue weighted by Crippen LogP contribution is 2.33. The third-order valence-electron chi connectivity index (χ3n) is 7.29. The Morgan fingerprint density at radius 2 is 1.20 bits per heavy atom. The Bertz CT molecular complexity index is 2270. The molecule has 17 nitrogen and oxygen atoms in total. The molecule has 0 aliphatic rings. The van der Waals surface area contributed by atoms with Crippen molar-refractivity contribution in [3.05, 3.63) is 113 Å². The summed E-state index contributed by atoms with van der Waals surface area (Å²) in [6.45, 7) is 1.30. The van der Waals surface area contributed by atoms with Gasteiger partial charge in [-0.2, -0.15) is 10.2 Å². The summed E-state index contributed by atoms with van der Waals surface area (Å²) in [5.74, 6) is -7.74. The molecule has 0 saturated heterocycles. The Morgan fingerprint density at radius 3 is 1.63 bits per heavy atom. The molecule has 0 spiro atoms. The van der Waals surface area contributed by atoms with Crippen LogP contribution in [0.2, 0.25) is 0 Å². The van der Waals surface area contributed by atoms with Gasteiger partial charge in [-0.3, -0.25) is 19.8 Å². The minimum Gasteiger partial charge on any atom is -0.483 e. The fraction of sp³-hybridized carbons (Fsp3) is 0.0625. The van der Waals surface area contributed by atoms with Crippen LogP contribution in [0.25, 0.3) is 22.5 Å². The lowest BCUT2D eigenvalue weighted by Crippen LogP contribution is -2.18. The molecule has 0 radical (unpaired) electrons. The van der Waals surface area contributed by atoms with Crippen molar-refractivity contribution in [2.24, 2.45) is 0 Å². The van der Waals surface area contributed by atoms with E-state index in [0.29, 0.717) is 34.6 Å². The Hall–Kier alpha value is -7.44. The molecule has 1 unspecified atom stereocenters. The predicted octanol–water partition coefficient (Wildman–Crippen LogP) is 4.37. The van der Waals surface area contributed by atoms with Gasteiger partial charge < -0.3 is 25.6 Å². The highest BCUT2D eigenvalue weighted by Gasteiger charge is 2.25. The van der Waals surface area contributed by atoms with Crippen molar-refractivity contribution in [2.45, 2.75) is 13.0 Å². The molecule has 0 bridgehead atoms. The smallest absolute Gasteiger partial charge is 0.337 e. The van der Waals surface area contributed by atoms with E-state index in [1.165, 1.54) is 43.6 Å². The van der Waals surface area contributed by atoms with Gasteiger partial charge in [0, 0.05) is 35.2 Å². The van der Waals surface area contributed by atoms with Crippen LogP contribution >= 0.6 is 0 Å². The number of aromatic nitrogens is 8. The molecule has 4 heterocycles. The maximum Gasteiger partial charge on any atom is 0.337 e. The summed E-state index contributed by atoms with van der Waals surface area (Å²) in [7, 11) is 0. The van der Waals surface area contributed by atoms with Gasteiger partial charge in [0.25, 0.3) is 11.8 Å². The summed E-state index contributed by atoms with van der Waals surface area (Å²) in [6, 6.07) is 8.77. The lowest BCUT2D eigenvalue weighted by molar-refractivity contribution is 0.0686. The van der Waals surface area contributed by atoms with E-state index in [4.69, 9.17) is 4.74 Å². The molecular formula is C32H22F2N10O7. The molecule has 51 heavy (non-hydrogen) atoms. The first-order valence-corrected chi connectivity index (χ1v) is 14.6. The molecule has 0 fully saturated rings. The van der Waals surface area contributed by atoms with Crippen molar-refractivity contribution in [2.75, 3.05) is 10.6 Å². The molecule has 4 aromatic heterocycles. The third kappa shape index (κ3) is 7.21. The molecule has 19 heteroatoms. The number of hydrogen-bond donors (Lipinski definition) is 6. The number of hydrogen-bond acceptors (Lipinski definition) is 11. The van der Waals surface area contributed by atoms with Crippen LogP contribution in [0.5, 0.6) is 5.75 Å². The Kier molecular flexibility index (Phi) is 9.16. The highest BCUT2D eigenvalue weighted by molar-refractivity contribution is 6.08. The molecule has 1 atom stereocenters. The minimum absolute atomic E-state index is 0.191. The van der Waals surface area contributed by atoms with Crippen LogP contribution in [-0.4, -0.2) is 74.8 Å². The zero-order chi connectivity index (χ0) is 36.2. The number of carbonyl (C=O) groups excluding carboxylic acids is 2. The van der Waals surface area contributed by atoms with E-state index in [-0.39, 0.29) is 28.3 Å². The molecule has 6 rings (SSSR count). The quantitative estimate of drug-likeness (QED) is 0.110. The fourth-order valence-electron chi connectivity index (χ4n) is 4.73. The number of aromatic amines is 2. The van der Waals surface area contributed by atoms with Crippen molar-refractivity contribution < 1.29 is 42.9 Å². The van der Waals surface area contributed by atoms with Crippen LogP contribution in [0, 0.1) is 11.6 Å². The van der Waals surface area contributed by atoms with Crippen LogP contribution in [0.3, 0.4) is 0 Å². The monoisotopic (exact) mass is 696 g/mol. The van der Waals surface area contributed by atoms with Gasteiger partial charge in [-0.15, -0.1) is 20.4 Å². The molecule has 0 aliphatic heterocycles. The van der Waals surface area contributed by atoms with Gasteiger partial charge >= 0.3 is 11.9 Å². The molecule has 2 amide bonds. The second-order valence-corrected chi connectivity index (χ2v) is 10.6. The first-order valence-electron chi connectivity index (χ1n) is 14.6. The van der Waals surface area contributed by atoms with Crippen LogP contribution in [0.15, 0.2) is 73.3 Å². The van der Waals surface area contributed by atoms with Gasteiger partial charge in [-0.1, -0.05) is 0 Å². The number of aromatic carboxylic acids is 2. The first kappa shape index (κ1) is 33.5. The van der Waals surface area contributed by atoms with Gasteiger partial charge in [-0.25, -0.2) is 18.4 Å². The number of halogens is 2. The summed E-state index contributed by atoms with van der Waals surface area (Å²) in [5.41, 5.74) is -0.648. The summed E-state index contributed by atoms with van der Waals surface area (Å²) < 4.78 is 36.1. The van der Waals surface area contributed by atoms with E-state index >= 15 is 8.78 Å². The van der Waals surface area contributed by atoms with E-state index in [0.717, 1.165) is 12.1 Å². The molecule has 0 saturated carbocycles. The van der Waals surface area contributed by atoms with Crippen LogP contribution in [0.1, 0.15) is 60.3 Å². The second kappa shape index (κ2) is 14.0. The summed E-state index contributed by atoms with van der Waals surface area (Å²) in [5, 5.41) is 52.5. The number of nitrogens with zero attached hydrogens (tertiary/aromatic N) is 6. The number of ether oxygens (including phenoxy) is 1. The number of nitrogens with one attached hydrogen (secondary N) is 4. The van der Waals surface area contributed by atoms with Gasteiger partial charge in [0.05, 0.1) is 46.3 Å². The zero-order valence-electron chi connectivity index (χ0n) is 25.9. The zero-order valence-corrected chi connectivity index (χ0v) is 25.9. The number of carbonyl (C=O) groups is 4. The highest BCUT2D eigenvalue weighted by atomic mass is 19.1. The van der Waals surface area contributed by atoms with Gasteiger partial charge in [0.15, 0.2) is 23.0 Å². The Morgan fingerprint density at radius 1 is 0.706 bits per heavy atom. The van der Waals surface area contributed by atoms with Crippen molar-refractivity contribution in [3.8, 4) is 28.3 Å². The van der Waals surface area contributed by atoms with E-state index in [1.807, 2.05) is 0 Å². The first-order chi connectivity index (χ1) is 24.5. The summed E-state index contributed by atoms with van der Waals surface area (Å²) in [6.07, 6.45) is 4.76. The predicted molar refractivity (Wildman–Crippen MR) is 171 cm³/mol. The Labute approximate surface area is 283 Å². The number of rotatable bonds is 11. The van der Waals surface area contributed by atoms with Crippen LogP contribution in [0.4, 0.5) is 20.2 Å². The molecule has 0 aliphatic carbocycles. The molecule has 6 aromatic rings. The maximum absolute atomic E-state index is 15.3. The molecule has 6 N–H and O–H groups in total. The van der Waals surface area contributed by atoms with Crippen molar-refractivity contribution in [1.29, 1.82) is 0 Å². The van der Waals surface area contributed by atoms with E-state index in [9.17, 15) is 29.4 Å². The maximum atomic E-state index is 15.3. The SMILES string of the molecule is CC(Oc1cc(NC(=O)c2ccc(-c3cn[nH]c3)nn2)c(C(=O)O)cc1F)c1cc(NC(=O)c2ccc(-c3cn[nH]c3)nn2)c(C(=O)O)cc1F. The van der Waals surface area contributed by atoms with Crippen molar-refractivity contribution in [3.63, 3.8) is 0 Å². The lowest BCUT2D eigenvalue weighted by Gasteiger charge is -2.20. The average Bonchev–Trinajstić information content (AvgIpc) is 3.86. The fourth-order valence-corrected chi connectivity index (χ4v) is 4.73. The van der Waals surface area contributed by atoms with Crippen LogP contribution in [-0.2, 0) is 0 Å². The van der Waals surface area contributed by atoms with E-state index in [2.05, 4.69) is 51.4 Å². The Balaban J connectivity index is 1.24. The largest absolute Gasteiger partial charge is 0.483 e. The lowest BCUT2D eigenvalue weighted by atomic mass is 10.0. The summed E-state index contributed by atoms with van der Waals surface area (Å²) >= 11 is 0. The van der Waals surface area contributed by atoms with E-state index < -0.39 is 58.4 Å². The number of anilines is 2. The van der Waals surface area contributed by atoms with Gasteiger partial charge in [-0.05, 0) is 49.4 Å². The number of H-pyrrole nitrogens is 2. The van der Waals surface area contributed by atoms with Gasteiger partial charge in [0.2, 0.25) is 0 Å². The molecule has 256 valence electrons. The number of carboxylic acids is 2. The third-order valence-corrected chi connectivity index (χ3v) is 7.29. The van der Waals surface area contributed by atoms with E-state index in [1.54, 1.807) is 12.4 Å². The molecule has 2 aromatic carbocycles. The minimum atomic E-state index is -1.58. The van der Waals surface area contributed by atoms with Gasteiger partial charge in [0.1, 0.15) is 11.9 Å². The standard InChI is InChI=1S/C32H22F2N10O7/c1-14(17-8-26(18(31(47)48)6-20(17)33)39-29(45)24-4-2-22(41-43-24)15-10-35-36-11-15)51-28-9-27(19(32(49)50)7-21(28)34)40-30(46)25-5-3-23(42-44-25)16-12-37-38-13-16/h2-14H,1H3,(H,35,36)(H,37,38)(H,39,45)(H,40,46)(H,47,48)(H,49,50). The number of carboxylic acid groups (broad SMARTS) is 2. The normalized spacial score (nSPS) is 11.4. The number of amides is 2. The van der Waals surface area contributed by atoms with Crippen molar-refractivity contribution >= 4 is 35.1 Å².